The molecule has 1 heterocycles. The van der Waals surface area contributed by atoms with Crippen molar-refractivity contribution in [3.8, 4) is 0 Å². The summed E-state index contributed by atoms with van der Waals surface area (Å²) in [4.78, 5) is 11.8. The van der Waals surface area contributed by atoms with Gasteiger partial charge in [0.05, 0.1) is 0 Å². The van der Waals surface area contributed by atoms with Crippen molar-refractivity contribution in [1.29, 1.82) is 0 Å². The van der Waals surface area contributed by atoms with Crippen LogP contribution in [0.15, 0.2) is 34.7 Å². The van der Waals surface area contributed by atoms with E-state index < -0.39 is 0 Å². The van der Waals surface area contributed by atoms with Gasteiger partial charge >= 0.3 is 0 Å². The van der Waals surface area contributed by atoms with Crippen molar-refractivity contribution < 1.29 is 9.21 Å². The monoisotopic (exact) mass is 277 g/mol. The van der Waals surface area contributed by atoms with Crippen molar-refractivity contribution in [2.75, 3.05) is 6.54 Å². The lowest BCUT2D eigenvalue weighted by Crippen LogP contribution is -2.25. The number of hydrogen-bond donors (Lipinski definition) is 1. The van der Waals surface area contributed by atoms with Crippen LogP contribution in [0.1, 0.15) is 27.4 Å². The Morgan fingerprint density at radius 2 is 1.95 bits per heavy atom. The first-order chi connectivity index (χ1) is 9.06. The van der Waals surface area contributed by atoms with Crippen molar-refractivity contribution in [3.63, 3.8) is 0 Å². The zero-order valence-corrected chi connectivity index (χ0v) is 11.8. The number of hydrogen-bond acceptors (Lipinski definition) is 2. The first-order valence-corrected chi connectivity index (χ1v) is 6.54. The maximum atomic E-state index is 11.8. The van der Waals surface area contributed by atoms with Gasteiger partial charge in [0, 0.05) is 11.6 Å². The van der Waals surface area contributed by atoms with Gasteiger partial charge in [0.2, 0.25) is 0 Å². The molecule has 4 heteroatoms. The predicted molar refractivity (Wildman–Crippen MR) is 75.7 cm³/mol. The number of carbonyl (C=O) groups is 1. The summed E-state index contributed by atoms with van der Waals surface area (Å²) < 4.78 is 5.37. The van der Waals surface area contributed by atoms with Gasteiger partial charge in [-0.2, -0.15) is 0 Å². The van der Waals surface area contributed by atoms with Crippen molar-refractivity contribution in [2.24, 2.45) is 0 Å². The summed E-state index contributed by atoms with van der Waals surface area (Å²) in [6.45, 7) is 4.34. The summed E-state index contributed by atoms with van der Waals surface area (Å²) in [6.07, 6.45) is 0.765. The van der Waals surface area contributed by atoms with Crippen LogP contribution in [-0.2, 0) is 6.42 Å². The number of carbonyl (C=O) groups excluding carboxylic acids is 1. The van der Waals surface area contributed by atoms with Crippen LogP contribution < -0.4 is 5.32 Å². The average Bonchev–Trinajstić information content (AvgIpc) is 2.72. The number of furan rings is 1. The molecule has 19 heavy (non-hydrogen) atoms. The second-order valence-corrected chi connectivity index (χ2v) is 4.92. The Hall–Kier alpha value is -1.74. The molecule has 0 aliphatic carbocycles. The molecule has 0 bridgehead atoms. The number of amides is 1. The van der Waals surface area contributed by atoms with E-state index in [1.807, 2.05) is 38.1 Å². The highest BCUT2D eigenvalue weighted by Crippen LogP contribution is 2.13. The Morgan fingerprint density at radius 1 is 1.26 bits per heavy atom. The third kappa shape index (κ3) is 3.61. The lowest BCUT2D eigenvalue weighted by atomic mass is 10.1. The van der Waals surface area contributed by atoms with E-state index >= 15 is 0 Å². The van der Waals surface area contributed by atoms with Crippen LogP contribution in [0.25, 0.3) is 0 Å². The fraction of sp³-hybridized carbons (Fsp3) is 0.267. The van der Waals surface area contributed by atoms with Crippen LogP contribution in [0.2, 0.25) is 5.02 Å². The molecule has 1 N–H and O–H groups in total. The minimum atomic E-state index is -0.176. The molecule has 2 aromatic rings. The second kappa shape index (κ2) is 5.93. The van der Waals surface area contributed by atoms with Crippen LogP contribution in [-0.4, -0.2) is 12.5 Å². The number of rotatable bonds is 4. The smallest absolute Gasteiger partial charge is 0.287 e. The first kappa shape index (κ1) is 13.7. The summed E-state index contributed by atoms with van der Waals surface area (Å²) in [5.74, 6) is 0.971. The molecule has 0 saturated heterocycles. The molecular weight excluding hydrogens is 262 g/mol. The highest BCUT2D eigenvalue weighted by atomic mass is 35.5. The Kier molecular flexibility index (Phi) is 4.27. The quantitative estimate of drug-likeness (QED) is 0.929. The van der Waals surface area contributed by atoms with Gasteiger partial charge in [0.25, 0.3) is 5.91 Å². The fourth-order valence-electron chi connectivity index (χ4n) is 1.74. The van der Waals surface area contributed by atoms with Gasteiger partial charge in [0.1, 0.15) is 5.76 Å². The summed E-state index contributed by atoms with van der Waals surface area (Å²) in [5, 5.41) is 3.55. The van der Waals surface area contributed by atoms with Gasteiger partial charge in [-0.25, -0.2) is 0 Å². The van der Waals surface area contributed by atoms with E-state index in [1.165, 1.54) is 0 Å². The van der Waals surface area contributed by atoms with Crippen LogP contribution in [0.3, 0.4) is 0 Å². The molecule has 1 aromatic carbocycles. The minimum absolute atomic E-state index is 0.176. The van der Waals surface area contributed by atoms with E-state index in [2.05, 4.69) is 5.32 Å². The Morgan fingerprint density at radius 3 is 2.53 bits per heavy atom. The Labute approximate surface area is 117 Å². The van der Waals surface area contributed by atoms with Crippen LogP contribution in [0.5, 0.6) is 0 Å². The maximum absolute atomic E-state index is 11.8. The van der Waals surface area contributed by atoms with Gasteiger partial charge in [-0.05, 0) is 49.6 Å². The van der Waals surface area contributed by atoms with E-state index in [0.29, 0.717) is 17.3 Å². The number of benzene rings is 1. The molecule has 3 nitrogen and oxygen atoms in total. The standard InChI is InChI=1S/C15H16ClNO2/c1-10-9-14(19-11(10)2)15(18)17-8-7-12-3-5-13(16)6-4-12/h3-6,9H,7-8H2,1-2H3,(H,17,18). The highest BCUT2D eigenvalue weighted by Gasteiger charge is 2.11. The molecular formula is C15H16ClNO2. The summed E-state index contributed by atoms with van der Waals surface area (Å²) in [7, 11) is 0. The zero-order valence-electron chi connectivity index (χ0n) is 11.0. The van der Waals surface area contributed by atoms with Gasteiger partial charge in [-0.15, -0.1) is 0 Å². The maximum Gasteiger partial charge on any atom is 0.287 e. The van der Waals surface area contributed by atoms with Crippen LogP contribution in [0, 0.1) is 13.8 Å². The molecule has 100 valence electrons. The van der Waals surface area contributed by atoms with Crippen molar-refractivity contribution in [1.82, 2.24) is 5.32 Å². The van der Waals surface area contributed by atoms with Gasteiger partial charge in [0.15, 0.2) is 5.76 Å². The van der Waals surface area contributed by atoms with E-state index in [0.717, 1.165) is 23.3 Å². The number of aryl methyl sites for hydroxylation is 2. The van der Waals surface area contributed by atoms with Crippen LogP contribution in [0.4, 0.5) is 0 Å². The van der Waals surface area contributed by atoms with E-state index in [1.54, 1.807) is 6.07 Å². The molecule has 0 aliphatic heterocycles. The minimum Gasteiger partial charge on any atom is -0.456 e. The predicted octanol–water partition coefficient (Wildman–Crippen LogP) is 3.52. The molecule has 1 amide bonds. The summed E-state index contributed by atoms with van der Waals surface area (Å²) in [5.41, 5.74) is 2.12. The molecule has 2 rings (SSSR count). The van der Waals surface area contributed by atoms with Gasteiger partial charge < -0.3 is 9.73 Å². The lowest BCUT2D eigenvalue weighted by molar-refractivity contribution is 0.0925. The van der Waals surface area contributed by atoms with Gasteiger partial charge in [-0.3, -0.25) is 4.79 Å². The largest absolute Gasteiger partial charge is 0.456 e. The van der Waals surface area contributed by atoms with Crippen molar-refractivity contribution in [2.45, 2.75) is 20.3 Å². The molecule has 1 aromatic heterocycles. The van der Waals surface area contributed by atoms with E-state index in [-0.39, 0.29) is 5.91 Å². The molecule has 0 spiro atoms. The molecule has 0 fully saturated rings. The highest BCUT2D eigenvalue weighted by molar-refractivity contribution is 6.30. The average molecular weight is 278 g/mol. The normalized spacial score (nSPS) is 10.5. The fourth-order valence-corrected chi connectivity index (χ4v) is 1.87. The molecule has 0 radical (unpaired) electrons. The molecule has 0 atom stereocenters. The van der Waals surface area contributed by atoms with Crippen molar-refractivity contribution >= 4 is 17.5 Å². The van der Waals surface area contributed by atoms with Crippen molar-refractivity contribution in [3.05, 3.63) is 58.0 Å². The molecule has 0 unspecified atom stereocenters. The Bertz CT molecular complexity index is 553. The van der Waals surface area contributed by atoms with Crippen LogP contribution >= 0.6 is 11.6 Å². The SMILES string of the molecule is Cc1cc(C(=O)NCCc2ccc(Cl)cc2)oc1C. The third-order valence-electron chi connectivity index (χ3n) is 3.00. The lowest BCUT2D eigenvalue weighted by Gasteiger charge is -2.03. The second-order valence-electron chi connectivity index (χ2n) is 4.48. The number of halogens is 1. The Balaban J connectivity index is 1.85. The summed E-state index contributed by atoms with van der Waals surface area (Å²) >= 11 is 5.81. The third-order valence-corrected chi connectivity index (χ3v) is 3.25. The summed E-state index contributed by atoms with van der Waals surface area (Å²) in [6, 6.07) is 9.36. The first-order valence-electron chi connectivity index (χ1n) is 6.16. The van der Waals surface area contributed by atoms with E-state index in [9.17, 15) is 4.79 Å². The molecule has 0 aliphatic rings. The topological polar surface area (TPSA) is 42.2 Å². The molecule has 0 saturated carbocycles. The zero-order chi connectivity index (χ0) is 13.8. The number of nitrogens with one attached hydrogen (secondary N) is 1. The van der Waals surface area contributed by atoms with E-state index in [4.69, 9.17) is 16.0 Å². The van der Waals surface area contributed by atoms with Gasteiger partial charge in [-0.1, -0.05) is 23.7 Å².